The number of nitrogens with two attached hydrogens (primary N) is 1. The zero-order valence-electron chi connectivity index (χ0n) is 11.1. The van der Waals surface area contributed by atoms with Gasteiger partial charge in [-0.15, -0.1) is 0 Å². The van der Waals surface area contributed by atoms with E-state index in [0.29, 0.717) is 5.92 Å². The first-order valence-electron chi connectivity index (χ1n) is 6.01. The Kier molecular flexibility index (Phi) is 4.21. The molecule has 1 rings (SSSR count). The fourth-order valence-electron chi connectivity index (χ4n) is 1.76. The molecule has 0 aromatic carbocycles. The van der Waals surface area contributed by atoms with Gasteiger partial charge in [0, 0.05) is 20.1 Å². The molecule has 0 unspecified atom stereocenters. The van der Waals surface area contributed by atoms with Crippen LogP contribution in [-0.2, 0) is 6.54 Å². The van der Waals surface area contributed by atoms with Gasteiger partial charge in [0.15, 0.2) is 0 Å². The zero-order chi connectivity index (χ0) is 12.3. The summed E-state index contributed by atoms with van der Waals surface area (Å²) in [5.41, 5.74) is 7.80. The van der Waals surface area contributed by atoms with Crippen LogP contribution in [0.1, 0.15) is 32.9 Å². The number of anilines is 2. The predicted molar refractivity (Wildman–Crippen MR) is 69.8 cm³/mol. The normalized spacial score (nSPS) is 11.1. The van der Waals surface area contributed by atoms with Crippen LogP contribution in [0.15, 0.2) is 0 Å². The molecule has 0 spiro atoms. The zero-order valence-corrected chi connectivity index (χ0v) is 11.1. The van der Waals surface area contributed by atoms with E-state index in [-0.39, 0.29) is 0 Å². The first-order valence-corrected chi connectivity index (χ1v) is 6.01. The number of aromatic nitrogens is 2. The highest BCUT2D eigenvalue weighted by Crippen LogP contribution is 2.25. The number of aryl methyl sites for hydroxylation is 2. The summed E-state index contributed by atoms with van der Waals surface area (Å²) in [7, 11) is 2.08. The second-order valence-electron chi connectivity index (χ2n) is 4.74. The molecule has 0 atom stereocenters. The van der Waals surface area contributed by atoms with Crippen LogP contribution in [0.25, 0.3) is 0 Å². The second kappa shape index (κ2) is 5.23. The van der Waals surface area contributed by atoms with Crippen molar-refractivity contribution in [1.82, 2.24) is 9.78 Å². The van der Waals surface area contributed by atoms with Gasteiger partial charge in [-0.05, 0) is 26.2 Å². The van der Waals surface area contributed by atoms with E-state index < -0.39 is 0 Å². The Morgan fingerprint density at radius 1 is 1.44 bits per heavy atom. The van der Waals surface area contributed by atoms with Crippen LogP contribution < -0.4 is 10.6 Å². The molecule has 0 saturated carbocycles. The Hall–Kier alpha value is -1.19. The summed E-state index contributed by atoms with van der Waals surface area (Å²) in [5, 5.41) is 4.43. The SMILES string of the molecule is CCn1nc(C)c(N)c1N(C)CCC(C)C. The van der Waals surface area contributed by atoms with Crippen LogP contribution in [0.2, 0.25) is 0 Å². The van der Waals surface area contributed by atoms with Crippen LogP contribution in [0.5, 0.6) is 0 Å². The van der Waals surface area contributed by atoms with Crippen LogP contribution in [0.3, 0.4) is 0 Å². The number of nitrogen functional groups attached to an aromatic ring is 1. The number of hydrogen-bond acceptors (Lipinski definition) is 3. The van der Waals surface area contributed by atoms with E-state index in [9.17, 15) is 0 Å². The van der Waals surface area contributed by atoms with Gasteiger partial charge in [-0.25, -0.2) is 4.68 Å². The van der Waals surface area contributed by atoms with Gasteiger partial charge in [0.05, 0.1) is 11.4 Å². The summed E-state index contributed by atoms with van der Waals surface area (Å²) < 4.78 is 1.98. The molecule has 0 bridgehead atoms. The molecule has 4 nitrogen and oxygen atoms in total. The summed E-state index contributed by atoms with van der Waals surface area (Å²) in [6.07, 6.45) is 1.17. The molecule has 1 heterocycles. The number of rotatable bonds is 5. The van der Waals surface area contributed by atoms with Crippen molar-refractivity contribution in [3.8, 4) is 0 Å². The van der Waals surface area contributed by atoms with Gasteiger partial charge in [0.1, 0.15) is 5.82 Å². The molecule has 0 aliphatic rings. The second-order valence-corrected chi connectivity index (χ2v) is 4.74. The standard InChI is InChI=1S/C12H24N4/c1-6-16-12(11(13)10(4)14-16)15(5)8-7-9(2)3/h9H,6-8,13H2,1-5H3. The lowest BCUT2D eigenvalue weighted by Gasteiger charge is -2.21. The molecule has 0 aliphatic heterocycles. The van der Waals surface area contributed by atoms with E-state index in [2.05, 4.69) is 37.8 Å². The Bertz CT molecular complexity index is 341. The van der Waals surface area contributed by atoms with E-state index in [0.717, 1.165) is 30.3 Å². The molecule has 2 N–H and O–H groups in total. The lowest BCUT2D eigenvalue weighted by atomic mass is 10.1. The average Bonchev–Trinajstić information content (AvgIpc) is 2.51. The van der Waals surface area contributed by atoms with Crippen LogP contribution >= 0.6 is 0 Å². The molecule has 4 heteroatoms. The maximum absolute atomic E-state index is 6.06. The van der Waals surface area contributed by atoms with Gasteiger partial charge in [-0.3, -0.25) is 0 Å². The third-order valence-electron chi connectivity index (χ3n) is 2.85. The summed E-state index contributed by atoms with van der Waals surface area (Å²) in [6, 6.07) is 0. The van der Waals surface area contributed by atoms with E-state index in [1.54, 1.807) is 0 Å². The highest BCUT2D eigenvalue weighted by molar-refractivity contribution is 5.65. The van der Waals surface area contributed by atoms with E-state index >= 15 is 0 Å². The van der Waals surface area contributed by atoms with Crippen molar-refractivity contribution in [2.45, 2.75) is 40.7 Å². The highest BCUT2D eigenvalue weighted by atomic mass is 15.4. The van der Waals surface area contributed by atoms with E-state index in [1.165, 1.54) is 6.42 Å². The predicted octanol–water partition coefficient (Wildman–Crippen LogP) is 2.28. The fourth-order valence-corrected chi connectivity index (χ4v) is 1.76. The van der Waals surface area contributed by atoms with Crippen molar-refractivity contribution in [3.63, 3.8) is 0 Å². The van der Waals surface area contributed by atoms with Gasteiger partial charge in [0.2, 0.25) is 0 Å². The quantitative estimate of drug-likeness (QED) is 0.834. The fraction of sp³-hybridized carbons (Fsp3) is 0.750. The maximum atomic E-state index is 6.06. The van der Waals surface area contributed by atoms with Crippen LogP contribution in [-0.4, -0.2) is 23.4 Å². The highest BCUT2D eigenvalue weighted by Gasteiger charge is 2.15. The summed E-state index contributed by atoms with van der Waals surface area (Å²) >= 11 is 0. The van der Waals surface area contributed by atoms with Crippen molar-refractivity contribution < 1.29 is 0 Å². The van der Waals surface area contributed by atoms with Crippen molar-refractivity contribution in [3.05, 3.63) is 5.69 Å². The third-order valence-corrected chi connectivity index (χ3v) is 2.85. The third kappa shape index (κ3) is 2.68. The average molecular weight is 224 g/mol. The van der Waals surface area contributed by atoms with Gasteiger partial charge < -0.3 is 10.6 Å². The number of nitrogens with zero attached hydrogens (tertiary/aromatic N) is 3. The Balaban J connectivity index is 2.84. The van der Waals surface area contributed by atoms with Crippen molar-refractivity contribution in [1.29, 1.82) is 0 Å². The largest absolute Gasteiger partial charge is 0.394 e. The molecule has 16 heavy (non-hydrogen) atoms. The topological polar surface area (TPSA) is 47.1 Å². The van der Waals surface area contributed by atoms with Crippen molar-refractivity contribution >= 4 is 11.5 Å². The Labute approximate surface area is 98.4 Å². The van der Waals surface area contributed by atoms with Crippen LogP contribution in [0.4, 0.5) is 11.5 Å². The minimum Gasteiger partial charge on any atom is -0.394 e. The molecule has 0 amide bonds. The lowest BCUT2D eigenvalue weighted by Crippen LogP contribution is -2.23. The molecular weight excluding hydrogens is 200 g/mol. The molecule has 0 radical (unpaired) electrons. The van der Waals surface area contributed by atoms with Gasteiger partial charge in [0.25, 0.3) is 0 Å². The van der Waals surface area contributed by atoms with E-state index in [4.69, 9.17) is 5.73 Å². The maximum Gasteiger partial charge on any atom is 0.150 e. The molecular formula is C12H24N4. The molecule has 1 aromatic rings. The Morgan fingerprint density at radius 2 is 2.06 bits per heavy atom. The molecule has 0 aliphatic carbocycles. The van der Waals surface area contributed by atoms with Gasteiger partial charge in [-0.2, -0.15) is 5.10 Å². The molecule has 1 aromatic heterocycles. The van der Waals surface area contributed by atoms with Crippen LogP contribution in [0, 0.1) is 12.8 Å². The lowest BCUT2D eigenvalue weighted by molar-refractivity contribution is 0.571. The molecule has 92 valence electrons. The Morgan fingerprint density at radius 3 is 2.56 bits per heavy atom. The van der Waals surface area contributed by atoms with E-state index in [1.807, 2.05) is 11.6 Å². The minimum atomic E-state index is 0.711. The van der Waals surface area contributed by atoms with Gasteiger partial charge in [-0.1, -0.05) is 13.8 Å². The van der Waals surface area contributed by atoms with Crippen molar-refractivity contribution in [2.75, 3.05) is 24.2 Å². The summed E-state index contributed by atoms with van der Waals surface area (Å²) in [4.78, 5) is 2.21. The summed E-state index contributed by atoms with van der Waals surface area (Å²) in [5.74, 6) is 1.77. The smallest absolute Gasteiger partial charge is 0.150 e. The molecule has 0 saturated heterocycles. The first kappa shape index (κ1) is 12.9. The minimum absolute atomic E-state index is 0.711. The number of hydrogen-bond donors (Lipinski definition) is 1. The van der Waals surface area contributed by atoms with Crippen molar-refractivity contribution in [2.24, 2.45) is 5.92 Å². The molecule has 0 fully saturated rings. The van der Waals surface area contributed by atoms with Gasteiger partial charge >= 0.3 is 0 Å². The first-order chi connectivity index (χ1) is 7.47. The summed E-state index contributed by atoms with van der Waals surface area (Å²) in [6.45, 7) is 10.4. The monoisotopic (exact) mass is 224 g/mol.